The molecule has 2 aliphatic heterocycles. The number of aliphatic hydroxyl groups is 1. The number of nitrogens with one attached hydrogen (secondary N) is 4. The van der Waals surface area contributed by atoms with E-state index in [1.165, 1.54) is 18.9 Å². The van der Waals surface area contributed by atoms with Crippen LogP contribution in [0.2, 0.25) is 0 Å². The van der Waals surface area contributed by atoms with Crippen molar-refractivity contribution in [3.05, 3.63) is 35.9 Å². The Morgan fingerprint density at radius 1 is 1.02 bits per heavy atom. The molecule has 56 heavy (non-hydrogen) atoms. The van der Waals surface area contributed by atoms with Gasteiger partial charge in [-0.2, -0.15) is 0 Å². The highest BCUT2D eigenvalue weighted by atomic mass is 16.5. The van der Waals surface area contributed by atoms with E-state index in [1.807, 2.05) is 25.1 Å². The van der Waals surface area contributed by atoms with Crippen LogP contribution < -0.4 is 21.3 Å². The predicted molar refractivity (Wildman–Crippen MR) is 222 cm³/mol. The van der Waals surface area contributed by atoms with Crippen molar-refractivity contribution in [2.75, 3.05) is 54.1 Å². The lowest BCUT2D eigenvalue weighted by Crippen LogP contribution is -2.56. The van der Waals surface area contributed by atoms with Gasteiger partial charge in [0, 0.05) is 47.3 Å². The molecule has 0 radical (unpaired) electrons. The van der Waals surface area contributed by atoms with Crippen molar-refractivity contribution >= 4 is 30.0 Å². The largest absolute Gasteiger partial charge is 0.395 e. The summed E-state index contributed by atoms with van der Waals surface area (Å²) in [4.78, 5) is 62.6. The summed E-state index contributed by atoms with van der Waals surface area (Å²) < 4.78 is 11.0. The minimum Gasteiger partial charge on any atom is -0.395 e. The summed E-state index contributed by atoms with van der Waals surface area (Å²) >= 11 is 0. The molecular formula is C42H76N6O8. The molecule has 2 saturated heterocycles. The quantitative estimate of drug-likeness (QED) is 0.148. The highest BCUT2D eigenvalue weighted by Gasteiger charge is 2.37. The van der Waals surface area contributed by atoms with Crippen molar-refractivity contribution in [2.24, 2.45) is 11.8 Å². The summed E-state index contributed by atoms with van der Waals surface area (Å²) in [6.07, 6.45) is 6.57. The third kappa shape index (κ3) is 19.5. The van der Waals surface area contributed by atoms with Gasteiger partial charge in [0.1, 0.15) is 0 Å². The molecular weight excluding hydrogens is 716 g/mol. The highest BCUT2D eigenvalue weighted by molar-refractivity contribution is 5.87. The maximum absolute atomic E-state index is 12.7. The van der Waals surface area contributed by atoms with Crippen LogP contribution >= 0.6 is 0 Å². The molecule has 2 heterocycles. The number of ether oxygens (including phenoxy) is 2. The summed E-state index contributed by atoms with van der Waals surface area (Å²) in [6, 6.07) is 9.76. The first-order valence-electron chi connectivity index (χ1n) is 20.4. The van der Waals surface area contributed by atoms with Crippen LogP contribution in [-0.2, 0) is 33.4 Å². The van der Waals surface area contributed by atoms with Crippen LogP contribution in [0.4, 0.5) is 0 Å². The van der Waals surface area contributed by atoms with Gasteiger partial charge in [0.15, 0.2) is 0 Å². The maximum Gasteiger partial charge on any atom is 0.242 e. The molecule has 0 aliphatic carbocycles. The van der Waals surface area contributed by atoms with E-state index < -0.39 is 6.04 Å². The van der Waals surface area contributed by atoms with Gasteiger partial charge in [-0.05, 0) is 51.5 Å². The van der Waals surface area contributed by atoms with E-state index in [1.54, 1.807) is 38.0 Å². The van der Waals surface area contributed by atoms with Gasteiger partial charge in [-0.1, -0.05) is 90.3 Å². The molecule has 1 aromatic carbocycles. The Hall–Kier alpha value is -3.59. The molecule has 2 aliphatic rings. The number of aliphatic hydroxyl groups excluding tert-OH is 1. The number of hydrogen-bond acceptors (Lipinski definition) is 9. The molecule has 5 N–H and O–H groups in total. The Kier molecular flexibility index (Phi) is 28.6. The molecule has 322 valence electrons. The van der Waals surface area contributed by atoms with Gasteiger partial charge >= 0.3 is 0 Å². The molecule has 1 aromatic rings. The molecule has 2 fully saturated rings. The molecule has 5 amide bonds. The van der Waals surface area contributed by atoms with Crippen LogP contribution in [0.25, 0.3) is 0 Å². The van der Waals surface area contributed by atoms with Crippen molar-refractivity contribution in [1.29, 1.82) is 0 Å². The first-order valence-corrected chi connectivity index (χ1v) is 20.4. The van der Waals surface area contributed by atoms with Crippen LogP contribution in [0, 0.1) is 18.8 Å². The lowest BCUT2D eigenvalue weighted by atomic mass is 9.91. The van der Waals surface area contributed by atoms with Crippen molar-refractivity contribution in [3.63, 3.8) is 0 Å². The van der Waals surface area contributed by atoms with Gasteiger partial charge < -0.3 is 45.6 Å². The molecule has 0 bridgehead atoms. The Morgan fingerprint density at radius 3 is 2.14 bits per heavy atom. The van der Waals surface area contributed by atoms with Crippen molar-refractivity contribution < 1.29 is 38.6 Å². The number of piperidine rings is 1. The molecule has 0 spiro atoms. The molecule has 8 unspecified atom stereocenters. The zero-order valence-electron chi connectivity index (χ0n) is 36.3. The van der Waals surface area contributed by atoms with E-state index in [9.17, 15) is 24.0 Å². The zero-order valence-corrected chi connectivity index (χ0v) is 36.3. The van der Waals surface area contributed by atoms with Gasteiger partial charge in [-0.3, -0.25) is 24.0 Å². The maximum atomic E-state index is 12.7. The zero-order chi connectivity index (χ0) is 42.6. The van der Waals surface area contributed by atoms with E-state index in [2.05, 4.69) is 68.0 Å². The molecule has 14 nitrogen and oxygen atoms in total. The Labute approximate surface area is 337 Å². The van der Waals surface area contributed by atoms with Gasteiger partial charge in [0.2, 0.25) is 30.0 Å². The van der Waals surface area contributed by atoms with E-state index >= 15 is 0 Å². The normalized spacial score (nSPS) is 20.0. The third-order valence-corrected chi connectivity index (χ3v) is 10.1. The average Bonchev–Trinajstić information content (AvgIpc) is 3.67. The second kappa shape index (κ2) is 30.5. The fourth-order valence-corrected chi connectivity index (χ4v) is 6.92. The molecule has 3 rings (SSSR count). The number of carbonyl (C=O) groups is 5. The number of hydrogen-bond donors (Lipinski definition) is 5. The Balaban J connectivity index is 0.000000910. The molecule has 0 aromatic heterocycles. The molecule has 14 heteroatoms. The summed E-state index contributed by atoms with van der Waals surface area (Å²) in [7, 11) is 5.00. The topological polar surface area (TPSA) is 179 Å². The number of nitrogens with zero attached hydrogens (tertiary/aromatic N) is 2. The number of carbonyl (C=O) groups excluding carboxylic acids is 5. The SMILES string of the molecule is CCC.CCC(C)C(C(CC)OC)N(C)C(=O)CNC(=O)C1CC(NC(C)=O)CCN1.COC(C(C)C(=O)NCCO)C1CCCN1C=O.Cc1ccccc1. The van der Waals surface area contributed by atoms with E-state index in [0.717, 1.165) is 45.1 Å². The lowest BCUT2D eigenvalue weighted by molar-refractivity contribution is -0.138. The van der Waals surface area contributed by atoms with E-state index in [0.29, 0.717) is 13.0 Å². The standard InChI is InChI=1S/C20H38N4O4.C12H22N2O4.C7H8.C3H8/c1-7-13(3)19(17(8-2)28-6)24(5)18(26)12-22-20(27)16-11-15(9-10-21-16)23-14(4)25;1-9(12(17)13-5-7-15)11(18-2)10-4-3-6-14(10)8-16;1-7-5-3-2-4-6-7;1-3-2/h13,15-17,19,21H,7-12H2,1-6H3,(H,22,27)(H,23,25);8-11,15H,3-7H2,1-2H3,(H,13,17);2-6H,1H3;3H2,1-2H3. The van der Waals surface area contributed by atoms with Gasteiger partial charge in [0.25, 0.3) is 0 Å². The fourth-order valence-electron chi connectivity index (χ4n) is 6.92. The average molecular weight is 793 g/mol. The predicted octanol–water partition coefficient (Wildman–Crippen LogP) is 3.44. The number of likely N-dealkylation sites (tertiary alicyclic amines) is 1. The van der Waals surface area contributed by atoms with Crippen LogP contribution in [0.1, 0.15) is 99.0 Å². The first kappa shape index (κ1) is 52.4. The third-order valence-electron chi connectivity index (χ3n) is 10.1. The van der Waals surface area contributed by atoms with Crippen molar-refractivity contribution in [1.82, 2.24) is 31.1 Å². The summed E-state index contributed by atoms with van der Waals surface area (Å²) in [5.41, 5.74) is 1.32. The van der Waals surface area contributed by atoms with Crippen molar-refractivity contribution in [2.45, 2.75) is 137 Å². The van der Waals surface area contributed by atoms with Crippen molar-refractivity contribution in [3.8, 4) is 0 Å². The smallest absolute Gasteiger partial charge is 0.242 e. The second-order valence-corrected chi connectivity index (χ2v) is 14.6. The second-order valence-electron chi connectivity index (χ2n) is 14.6. The molecule has 8 atom stereocenters. The highest BCUT2D eigenvalue weighted by Crippen LogP contribution is 2.25. The monoisotopic (exact) mass is 793 g/mol. The molecule has 0 saturated carbocycles. The van der Waals surface area contributed by atoms with E-state index in [-0.39, 0.29) is 85.5 Å². The number of methoxy groups -OCH3 is 2. The summed E-state index contributed by atoms with van der Waals surface area (Å²) in [6.45, 7) is 17.3. The number of aryl methyl sites for hydroxylation is 1. The number of likely N-dealkylation sites (N-methyl/N-ethyl adjacent to an activating group) is 1. The lowest BCUT2D eigenvalue weighted by Gasteiger charge is -2.37. The Bertz CT molecular complexity index is 1240. The number of benzene rings is 1. The van der Waals surface area contributed by atoms with E-state index in [4.69, 9.17) is 14.6 Å². The Morgan fingerprint density at radius 2 is 1.66 bits per heavy atom. The number of amides is 5. The summed E-state index contributed by atoms with van der Waals surface area (Å²) in [5, 5.41) is 20.1. The van der Waals surface area contributed by atoms with Gasteiger partial charge in [-0.15, -0.1) is 0 Å². The van der Waals surface area contributed by atoms with Crippen LogP contribution in [0.5, 0.6) is 0 Å². The van der Waals surface area contributed by atoms with Crippen LogP contribution in [-0.4, -0.2) is 135 Å². The minimum absolute atomic E-state index is 0.0188. The minimum atomic E-state index is -0.406. The van der Waals surface area contributed by atoms with Gasteiger partial charge in [-0.25, -0.2) is 0 Å². The van der Waals surface area contributed by atoms with Crippen LogP contribution in [0.3, 0.4) is 0 Å². The number of rotatable bonds is 17. The fraction of sp³-hybridized carbons (Fsp3) is 0.738. The van der Waals surface area contributed by atoms with Crippen LogP contribution in [0.15, 0.2) is 30.3 Å². The summed E-state index contributed by atoms with van der Waals surface area (Å²) in [5.74, 6) is -0.671. The van der Waals surface area contributed by atoms with Gasteiger partial charge in [0.05, 0.1) is 49.4 Å². The first-order chi connectivity index (χ1) is 26.7.